The standard InChI is InChI=1S/C33H37F4N5O3/c1-17(2)41(19(4)33(35,36)37)31(44)25-14-22(34)5-6-26(25)42-18(3)28(23-7-10-38-16-27(23)42)30(43)20-8-11-40(12-9-20)32(45)29-24-13-21(24)15-39-29/h5-7,10,14,16-17,19-21,24,29,39H,8-9,11-13,15H2,1-4H3/t19?,21-,24-,29+/m0/s1. The lowest BCUT2D eigenvalue weighted by molar-refractivity contribution is -0.175. The molecule has 3 aromatic rings. The van der Waals surface area contributed by atoms with E-state index in [4.69, 9.17) is 0 Å². The number of benzene rings is 1. The highest BCUT2D eigenvalue weighted by Crippen LogP contribution is 2.46. The van der Waals surface area contributed by atoms with E-state index in [0.29, 0.717) is 64.8 Å². The summed E-state index contributed by atoms with van der Waals surface area (Å²) in [5, 5.41) is 3.91. The lowest BCUT2D eigenvalue weighted by Gasteiger charge is -2.34. The fourth-order valence-corrected chi connectivity index (χ4v) is 7.29. The summed E-state index contributed by atoms with van der Waals surface area (Å²) in [7, 11) is 0. The van der Waals surface area contributed by atoms with Gasteiger partial charge in [0.15, 0.2) is 5.78 Å². The van der Waals surface area contributed by atoms with E-state index in [1.165, 1.54) is 26.1 Å². The van der Waals surface area contributed by atoms with E-state index in [0.717, 1.165) is 32.0 Å². The molecule has 3 aliphatic rings. The van der Waals surface area contributed by atoms with Crippen LogP contribution in [0.15, 0.2) is 36.7 Å². The van der Waals surface area contributed by atoms with Gasteiger partial charge in [-0.2, -0.15) is 13.2 Å². The summed E-state index contributed by atoms with van der Waals surface area (Å²) in [5.74, 6) is -1.08. The molecule has 8 nitrogen and oxygen atoms in total. The molecule has 1 N–H and O–H groups in total. The molecule has 1 aliphatic carbocycles. The minimum Gasteiger partial charge on any atom is -0.341 e. The van der Waals surface area contributed by atoms with Gasteiger partial charge in [0, 0.05) is 47.9 Å². The van der Waals surface area contributed by atoms with Crippen molar-refractivity contribution in [1.82, 2.24) is 24.7 Å². The number of hydrogen-bond donors (Lipinski definition) is 1. The van der Waals surface area contributed by atoms with Crippen molar-refractivity contribution in [2.75, 3.05) is 19.6 Å². The Bertz CT molecular complexity index is 1660. The SMILES string of the molecule is Cc1c(C(=O)C2CCN(C(=O)[C@@H]3NC[C@@H]4C[C@@H]43)CC2)c2ccncc2n1-c1ccc(F)cc1C(=O)N(C(C)C)C(C)C(F)(F)F. The number of fused-ring (bicyclic) bond motifs is 2. The highest BCUT2D eigenvalue weighted by molar-refractivity contribution is 6.11. The van der Waals surface area contributed by atoms with Crippen LogP contribution < -0.4 is 5.32 Å². The summed E-state index contributed by atoms with van der Waals surface area (Å²) in [6.07, 6.45) is 0.474. The quantitative estimate of drug-likeness (QED) is 0.284. The van der Waals surface area contributed by atoms with Crippen LogP contribution in [0.25, 0.3) is 16.6 Å². The number of ketones is 1. The number of alkyl halides is 3. The summed E-state index contributed by atoms with van der Waals surface area (Å²) >= 11 is 0. The molecule has 3 fully saturated rings. The maximum Gasteiger partial charge on any atom is 0.408 e. The number of carbonyl (C=O) groups excluding carboxylic acids is 3. The predicted octanol–water partition coefficient (Wildman–Crippen LogP) is 5.30. The number of aromatic nitrogens is 2. The minimum absolute atomic E-state index is 0.105. The first-order valence-corrected chi connectivity index (χ1v) is 15.5. The second kappa shape index (κ2) is 11.5. The summed E-state index contributed by atoms with van der Waals surface area (Å²) in [6, 6.07) is 2.04. The Balaban J connectivity index is 1.34. The molecule has 0 radical (unpaired) electrons. The van der Waals surface area contributed by atoms with Gasteiger partial charge >= 0.3 is 6.18 Å². The normalized spacial score (nSPS) is 22.5. The van der Waals surface area contributed by atoms with Crippen molar-refractivity contribution < 1.29 is 31.9 Å². The smallest absolute Gasteiger partial charge is 0.341 e. The van der Waals surface area contributed by atoms with Crippen molar-refractivity contribution >= 4 is 28.5 Å². The van der Waals surface area contributed by atoms with Crippen LogP contribution in [0.1, 0.15) is 66.4 Å². The van der Waals surface area contributed by atoms with Gasteiger partial charge < -0.3 is 19.7 Å². The average molecular weight is 628 g/mol. The number of pyridine rings is 1. The largest absolute Gasteiger partial charge is 0.408 e. The van der Waals surface area contributed by atoms with E-state index in [2.05, 4.69) is 10.3 Å². The Labute approximate surface area is 258 Å². The fraction of sp³-hybridized carbons (Fsp3) is 0.515. The molecule has 1 unspecified atom stereocenters. The highest BCUT2D eigenvalue weighted by atomic mass is 19.4. The Morgan fingerprint density at radius 2 is 1.80 bits per heavy atom. The van der Waals surface area contributed by atoms with Crippen LogP contribution in [0.2, 0.25) is 0 Å². The number of likely N-dealkylation sites (tertiary alicyclic amines) is 1. The Kier molecular flexibility index (Phi) is 7.99. The second-order valence-electron chi connectivity index (χ2n) is 12.9. The number of nitrogens with zero attached hydrogens (tertiary/aromatic N) is 4. The molecule has 1 aromatic carbocycles. The summed E-state index contributed by atoms with van der Waals surface area (Å²) in [4.78, 5) is 47.8. The zero-order valence-corrected chi connectivity index (χ0v) is 25.7. The van der Waals surface area contributed by atoms with Gasteiger partial charge in [-0.1, -0.05) is 0 Å². The molecule has 2 aliphatic heterocycles. The average Bonchev–Trinajstić information content (AvgIpc) is 3.55. The van der Waals surface area contributed by atoms with Crippen molar-refractivity contribution in [2.45, 2.75) is 71.3 Å². The first-order chi connectivity index (χ1) is 21.3. The lowest BCUT2D eigenvalue weighted by atomic mass is 9.87. The predicted molar refractivity (Wildman–Crippen MR) is 160 cm³/mol. The Morgan fingerprint density at radius 1 is 1.09 bits per heavy atom. The third-order valence-corrected chi connectivity index (χ3v) is 9.81. The van der Waals surface area contributed by atoms with Crippen LogP contribution in [-0.4, -0.2) is 80.9 Å². The van der Waals surface area contributed by atoms with Gasteiger partial charge in [-0.3, -0.25) is 19.4 Å². The maximum atomic E-state index is 14.6. The molecule has 2 saturated heterocycles. The molecule has 2 amide bonds. The number of amides is 2. The first kappa shape index (κ1) is 31.2. The van der Waals surface area contributed by atoms with Gasteiger partial charge in [0.2, 0.25) is 5.91 Å². The van der Waals surface area contributed by atoms with Crippen molar-refractivity contribution in [3.8, 4) is 5.69 Å². The molecule has 2 aromatic heterocycles. The summed E-state index contributed by atoms with van der Waals surface area (Å²) < 4.78 is 57.6. The Hall–Kier alpha value is -3.80. The number of rotatable bonds is 7. The van der Waals surface area contributed by atoms with Crippen LogP contribution in [0.4, 0.5) is 17.6 Å². The molecule has 6 rings (SSSR count). The number of halogens is 4. The van der Waals surface area contributed by atoms with Crippen LogP contribution in [0, 0.1) is 30.5 Å². The van der Waals surface area contributed by atoms with Gasteiger partial charge in [0.05, 0.1) is 29.0 Å². The fourth-order valence-electron chi connectivity index (χ4n) is 7.29. The van der Waals surface area contributed by atoms with E-state index < -0.39 is 30.0 Å². The summed E-state index contributed by atoms with van der Waals surface area (Å²) in [5.41, 5.74) is 1.25. The van der Waals surface area contributed by atoms with Gasteiger partial charge in [-0.05, 0) is 89.6 Å². The molecule has 0 spiro atoms. The van der Waals surface area contributed by atoms with Crippen molar-refractivity contribution in [1.29, 1.82) is 0 Å². The lowest BCUT2D eigenvalue weighted by Crippen LogP contribution is -2.50. The van der Waals surface area contributed by atoms with Crippen LogP contribution >= 0.6 is 0 Å². The Morgan fingerprint density at radius 3 is 2.40 bits per heavy atom. The van der Waals surface area contributed by atoms with Crippen LogP contribution in [-0.2, 0) is 4.79 Å². The number of nitrogens with one attached hydrogen (secondary N) is 1. The zero-order valence-electron chi connectivity index (χ0n) is 25.7. The molecule has 240 valence electrons. The van der Waals surface area contributed by atoms with E-state index in [1.54, 1.807) is 23.8 Å². The number of carbonyl (C=O) groups is 3. The molecule has 1 saturated carbocycles. The first-order valence-electron chi connectivity index (χ1n) is 15.5. The minimum atomic E-state index is -4.69. The molecular formula is C33H37F4N5O3. The third-order valence-electron chi connectivity index (χ3n) is 9.81. The van der Waals surface area contributed by atoms with Gasteiger partial charge in [-0.25, -0.2) is 4.39 Å². The molecular weight excluding hydrogens is 590 g/mol. The van der Waals surface area contributed by atoms with Gasteiger partial charge in [-0.15, -0.1) is 0 Å². The van der Waals surface area contributed by atoms with Gasteiger partial charge in [0.1, 0.15) is 11.9 Å². The molecule has 12 heteroatoms. The molecule has 4 atom stereocenters. The maximum absolute atomic E-state index is 14.6. The van der Waals surface area contributed by atoms with E-state index in [1.807, 2.05) is 4.90 Å². The van der Waals surface area contributed by atoms with Crippen LogP contribution in [0.5, 0.6) is 0 Å². The number of hydrogen-bond acceptors (Lipinski definition) is 5. The van der Waals surface area contributed by atoms with Crippen LogP contribution in [0.3, 0.4) is 0 Å². The van der Waals surface area contributed by atoms with Gasteiger partial charge in [0.25, 0.3) is 5.91 Å². The third kappa shape index (κ3) is 5.51. The molecule has 4 heterocycles. The summed E-state index contributed by atoms with van der Waals surface area (Å²) in [6.45, 7) is 7.39. The zero-order chi connectivity index (χ0) is 32.4. The number of piperidine rings is 2. The van der Waals surface area contributed by atoms with Crippen molar-refractivity contribution in [3.63, 3.8) is 0 Å². The second-order valence-corrected chi connectivity index (χ2v) is 12.9. The van der Waals surface area contributed by atoms with Crippen molar-refractivity contribution in [3.05, 3.63) is 59.3 Å². The van der Waals surface area contributed by atoms with Crippen molar-refractivity contribution in [2.24, 2.45) is 17.8 Å². The van der Waals surface area contributed by atoms with E-state index in [9.17, 15) is 31.9 Å². The highest BCUT2D eigenvalue weighted by Gasteiger charge is 2.52. The topological polar surface area (TPSA) is 87.5 Å². The monoisotopic (exact) mass is 627 g/mol. The molecule has 0 bridgehead atoms. The molecule has 45 heavy (non-hydrogen) atoms. The number of Topliss-reactive ketones (excluding diaryl/α,β-unsaturated/α-hetero) is 1. The van der Waals surface area contributed by atoms with E-state index in [-0.39, 0.29) is 34.9 Å². The van der Waals surface area contributed by atoms with E-state index >= 15 is 0 Å².